The van der Waals surface area contributed by atoms with Gasteiger partial charge >= 0.3 is 0 Å². The number of aryl methyl sites for hydroxylation is 1. The molecule has 0 aliphatic carbocycles. The average molecular weight is 489 g/mol. The molecule has 0 radical (unpaired) electrons. The number of rotatable bonds is 8. The molecule has 3 N–H and O–H groups in total. The minimum Gasteiger partial charge on any atom is -0.482 e. The van der Waals surface area contributed by atoms with Gasteiger partial charge in [0.15, 0.2) is 6.61 Å². The maximum absolute atomic E-state index is 11.6. The van der Waals surface area contributed by atoms with Crippen molar-refractivity contribution in [3.8, 4) is 5.75 Å². The highest BCUT2D eigenvalue weighted by atomic mass is 16.5. The number of anilines is 1. The number of nitrogens with one attached hydrogen (secondary N) is 2. The summed E-state index contributed by atoms with van der Waals surface area (Å²) < 4.78 is 5.46. The van der Waals surface area contributed by atoms with E-state index in [1.54, 1.807) is 0 Å². The molecule has 36 heavy (non-hydrogen) atoms. The van der Waals surface area contributed by atoms with Crippen molar-refractivity contribution in [3.05, 3.63) is 65.4 Å². The smallest absolute Gasteiger partial charge is 0.262 e. The minimum absolute atomic E-state index is 0.0666. The van der Waals surface area contributed by atoms with Crippen molar-refractivity contribution < 1.29 is 14.6 Å². The number of likely N-dealkylation sites (tertiary alicyclic amines) is 1. The molecule has 1 saturated heterocycles. The predicted octanol–water partition coefficient (Wildman–Crippen LogP) is 3.70. The van der Waals surface area contributed by atoms with Gasteiger partial charge in [-0.2, -0.15) is 0 Å². The fraction of sp³-hybridized carbons (Fsp3) is 0.448. The molecule has 1 amide bonds. The van der Waals surface area contributed by atoms with E-state index in [0.29, 0.717) is 18.2 Å². The van der Waals surface area contributed by atoms with E-state index in [1.165, 1.54) is 16.5 Å². The number of aromatic nitrogens is 1. The number of aliphatic hydroxyl groups excluding tert-OH is 1. The lowest BCUT2D eigenvalue weighted by atomic mass is 9.90. The van der Waals surface area contributed by atoms with Crippen molar-refractivity contribution in [3.63, 3.8) is 0 Å². The van der Waals surface area contributed by atoms with Crippen LogP contribution >= 0.6 is 0 Å². The first-order valence-corrected chi connectivity index (χ1v) is 13.0. The number of hydrogen-bond donors (Lipinski definition) is 3. The van der Waals surface area contributed by atoms with E-state index in [0.717, 1.165) is 49.2 Å². The Balaban J connectivity index is 1.20. The SMILES string of the molecule is CCc1cnc2cccc(C(C)CN3CCC(NCc4ccc5c(c4)NC(=O)CO5)C(CO)C3)c2c1. The fourth-order valence-corrected chi connectivity index (χ4v) is 5.54. The summed E-state index contributed by atoms with van der Waals surface area (Å²) in [5.74, 6) is 1.13. The molecule has 3 unspecified atom stereocenters. The largest absolute Gasteiger partial charge is 0.482 e. The van der Waals surface area contributed by atoms with Gasteiger partial charge in [0.05, 0.1) is 11.2 Å². The Morgan fingerprint density at radius 1 is 1.25 bits per heavy atom. The highest BCUT2D eigenvalue weighted by Gasteiger charge is 2.29. The summed E-state index contributed by atoms with van der Waals surface area (Å²) in [5, 5.41) is 18.0. The second kappa shape index (κ2) is 10.9. The first-order valence-electron chi connectivity index (χ1n) is 13.0. The second-order valence-corrected chi connectivity index (χ2v) is 10.2. The number of benzene rings is 2. The van der Waals surface area contributed by atoms with E-state index < -0.39 is 0 Å². The van der Waals surface area contributed by atoms with Crippen molar-refractivity contribution in [1.82, 2.24) is 15.2 Å². The van der Waals surface area contributed by atoms with E-state index in [9.17, 15) is 9.90 Å². The maximum atomic E-state index is 11.6. The third kappa shape index (κ3) is 5.38. The summed E-state index contributed by atoms with van der Waals surface area (Å²) in [6, 6.07) is 14.9. The van der Waals surface area contributed by atoms with Crippen LogP contribution in [0.15, 0.2) is 48.7 Å². The molecular weight excluding hydrogens is 452 g/mol. The van der Waals surface area contributed by atoms with Gasteiger partial charge in [-0.05, 0) is 66.3 Å². The molecule has 0 saturated carbocycles. The summed E-state index contributed by atoms with van der Waals surface area (Å²) in [6.45, 7) is 8.20. The highest BCUT2D eigenvalue weighted by Crippen LogP contribution is 2.30. The second-order valence-electron chi connectivity index (χ2n) is 10.2. The zero-order valence-corrected chi connectivity index (χ0v) is 21.2. The number of aliphatic hydroxyl groups is 1. The Bertz CT molecular complexity index is 1230. The zero-order chi connectivity index (χ0) is 25.1. The monoisotopic (exact) mass is 488 g/mol. The Labute approximate surface area is 212 Å². The van der Waals surface area contributed by atoms with Crippen LogP contribution in [0.4, 0.5) is 5.69 Å². The Morgan fingerprint density at radius 2 is 2.14 bits per heavy atom. The summed E-state index contributed by atoms with van der Waals surface area (Å²) in [7, 11) is 0. The summed E-state index contributed by atoms with van der Waals surface area (Å²) >= 11 is 0. The van der Waals surface area contributed by atoms with Gasteiger partial charge in [-0.1, -0.05) is 32.0 Å². The lowest BCUT2D eigenvalue weighted by Crippen LogP contribution is -2.51. The molecule has 3 heterocycles. The molecule has 7 heteroatoms. The van der Waals surface area contributed by atoms with E-state index in [1.807, 2.05) is 24.4 Å². The number of ether oxygens (including phenoxy) is 1. The van der Waals surface area contributed by atoms with Gasteiger partial charge in [-0.15, -0.1) is 0 Å². The first-order chi connectivity index (χ1) is 17.5. The maximum Gasteiger partial charge on any atom is 0.262 e. The number of hydrogen-bond acceptors (Lipinski definition) is 6. The molecule has 1 fully saturated rings. The van der Waals surface area contributed by atoms with Crippen molar-refractivity contribution in [1.29, 1.82) is 0 Å². The molecule has 2 aliphatic heterocycles. The molecular formula is C29H36N4O3. The van der Waals surface area contributed by atoms with Gasteiger partial charge < -0.3 is 25.4 Å². The molecule has 3 aromatic rings. The quantitative estimate of drug-likeness (QED) is 0.448. The Kier molecular flexibility index (Phi) is 7.51. The minimum atomic E-state index is -0.125. The number of fused-ring (bicyclic) bond motifs is 2. The topological polar surface area (TPSA) is 86.7 Å². The number of pyridine rings is 1. The number of carbonyl (C=O) groups excluding carboxylic acids is 1. The van der Waals surface area contributed by atoms with Crippen molar-refractivity contribution >= 4 is 22.5 Å². The standard InChI is InChI=1S/C29H36N4O3/c1-3-20-11-24-23(5-4-6-26(24)31-13-20)19(2)15-33-10-9-25(22(16-33)17-34)30-14-21-7-8-28-27(12-21)32-29(35)18-36-28/h4-8,11-13,19,22,25,30,34H,3,9-10,14-18H2,1-2H3,(H,32,35). The molecule has 7 nitrogen and oxygen atoms in total. The van der Waals surface area contributed by atoms with E-state index in [2.05, 4.69) is 58.6 Å². The molecule has 5 rings (SSSR count). The molecule has 3 atom stereocenters. The average Bonchev–Trinajstić information content (AvgIpc) is 2.91. The van der Waals surface area contributed by atoms with Crippen LogP contribution in [0.1, 0.15) is 42.9 Å². The lowest BCUT2D eigenvalue weighted by molar-refractivity contribution is -0.118. The molecule has 0 bridgehead atoms. The van der Waals surface area contributed by atoms with Crippen LogP contribution in [-0.2, 0) is 17.8 Å². The Morgan fingerprint density at radius 3 is 2.97 bits per heavy atom. The predicted molar refractivity (Wildman–Crippen MR) is 142 cm³/mol. The van der Waals surface area contributed by atoms with Crippen LogP contribution in [0, 0.1) is 5.92 Å². The molecule has 0 spiro atoms. The van der Waals surface area contributed by atoms with E-state index in [4.69, 9.17) is 4.74 Å². The first kappa shape index (κ1) is 24.7. The van der Waals surface area contributed by atoms with Crippen LogP contribution in [0.2, 0.25) is 0 Å². The van der Waals surface area contributed by atoms with Gasteiger partial charge in [0, 0.05) is 49.8 Å². The third-order valence-corrected chi connectivity index (χ3v) is 7.59. The number of piperidine rings is 1. The van der Waals surface area contributed by atoms with E-state index in [-0.39, 0.29) is 31.1 Å². The zero-order valence-electron chi connectivity index (χ0n) is 21.2. The van der Waals surface area contributed by atoms with Crippen LogP contribution in [0.3, 0.4) is 0 Å². The number of nitrogens with zero attached hydrogens (tertiary/aromatic N) is 2. The summed E-state index contributed by atoms with van der Waals surface area (Å²) in [4.78, 5) is 18.8. The summed E-state index contributed by atoms with van der Waals surface area (Å²) in [6.07, 6.45) is 3.95. The van der Waals surface area contributed by atoms with Crippen LogP contribution in [0.25, 0.3) is 10.9 Å². The normalized spacial score (nSPS) is 21.0. The summed E-state index contributed by atoms with van der Waals surface area (Å²) in [5.41, 5.74) is 5.48. The van der Waals surface area contributed by atoms with E-state index >= 15 is 0 Å². The van der Waals surface area contributed by atoms with Crippen LogP contribution in [-0.4, -0.2) is 59.8 Å². The van der Waals surface area contributed by atoms with Gasteiger partial charge in [0.2, 0.25) is 0 Å². The fourth-order valence-electron chi connectivity index (χ4n) is 5.54. The molecule has 2 aliphatic rings. The van der Waals surface area contributed by atoms with Crippen molar-refractivity contribution in [2.75, 3.05) is 38.2 Å². The Hall–Kier alpha value is -3.00. The number of amides is 1. The molecule has 190 valence electrons. The van der Waals surface area contributed by atoms with Gasteiger partial charge in [0.1, 0.15) is 5.75 Å². The van der Waals surface area contributed by atoms with Gasteiger partial charge in [-0.3, -0.25) is 9.78 Å². The highest BCUT2D eigenvalue weighted by molar-refractivity contribution is 5.95. The van der Waals surface area contributed by atoms with Crippen molar-refractivity contribution in [2.45, 2.75) is 45.2 Å². The number of carbonyl (C=O) groups is 1. The van der Waals surface area contributed by atoms with Gasteiger partial charge in [-0.25, -0.2) is 0 Å². The lowest BCUT2D eigenvalue weighted by Gasteiger charge is -2.39. The van der Waals surface area contributed by atoms with Gasteiger partial charge in [0.25, 0.3) is 5.91 Å². The van der Waals surface area contributed by atoms with Crippen molar-refractivity contribution in [2.24, 2.45) is 5.92 Å². The molecule has 2 aromatic carbocycles. The van der Waals surface area contributed by atoms with Crippen LogP contribution < -0.4 is 15.4 Å². The third-order valence-electron chi connectivity index (χ3n) is 7.59. The van der Waals surface area contributed by atoms with Crippen LogP contribution in [0.5, 0.6) is 5.75 Å². The molecule has 1 aromatic heterocycles.